The van der Waals surface area contributed by atoms with Crippen molar-refractivity contribution in [2.75, 3.05) is 0 Å². The molecule has 4 heteroatoms. The van der Waals surface area contributed by atoms with Crippen LogP contribution in [-0.2, 0) is 9.63 Å². The zero-order valence-corrected chi connectivity index (χ0v) is 8.62. The minimum atomic E-state index is -0.435. The molecule has 0 aliphatic rings. The molecule has 0 unspecified atom stereocenters. The van der Waals surface area contributed by atoms with Crippen molar-refractivity contribution in [3.63, 3.8) is 0 Å². The molecule has 0 fully saturated rings. The zero-order valence-electron chi connectivity index (χ0n) is 7.87. The normalized spacial score (nSPS) is 12.2. The topological polar surface area (TPSA) is 52.3 Å². The van der Waals surface area contributed by atoms with Gasteiger partial charge < -0.3 is 4.84 Å². The Hall–Kier alpha value is -1.06. The van der Waals surface area contributed by atoms with Crippen molar-refractivity contribution in [3.05, 3.63) is 34.9 Å². The van der Waals surface area contributed by atoms with Gasteiger partial charge in [0, 0.05) is 5.02 Å². The lowest BCUT2D eigenvalue weighted by Gasteiger charge is -2.11. The lowest BCUT2D eigenvalue weighted by atomic mass is 9.97. The van der Waals surface area contributed by atoms with Gasteiger partial charge in [-0.15, -0.1) is 0 Å². The third-order valence-electron chi connectivity index (χ3n) is 2.06. The maximum Gasteiger partial charge on any atom is 0.331 e. The van der Waals surface area contributed by atoms with E-state index in [4.69, 9.17) is 17.5 Å². The van der Waals surface area contributed by atoms with Crippen LogP contribution in [-0.4, -0.2) is 5.97 Å². The van der Waals surface area contributed by atoms with Gasteiger partial charge >= 0.3 is 5.97 Å². The summed E-state index contributed by atoms with van der Waals surface area (Å²) in [4.78, 5) is 15.5. The van der Waals surface area contributed by atoms with Crippen molar-refractivity contribution >= 4 is 17.6 Å². The largest absolute Gasteiger partial charge is 0.373 e. The van der Waals surface area contributed by atoms with Gasteiger partial charge in [0.15, 0.2) is 0 Å². The Morgan fingerprint density at radius 3 is 2.86 bits per heavy atom. The summed E-state index contributed by atoms with van der Waals surface area (Å²) in [5, 5.41) is 0.603. The van der Waals surface area contributed by atoms with E-state index in [0.717, 1.165) is 5.56 Å². The van der Waals surface area contributed by atoms with E-state index in [9.17, 15) is 4.79 Å². The average molecular weight is 214 g/mol. The Morgan fingerprint density at radius 1 is 1.64 bits per heavy atom. The predicted molar refractivity (Wildman–Crippen MR) is 54.8 cm³/mol. The molecule has 0 bridgehead atoms. The Labute approximate surface area is 87.8 Å². The Kier molecular flexibility index (Phi) is 3.92. The Bertz CT molecular complexity index is 328. The minimum Gasteiger partial charge on any atom is -0.373 e. The van der Waals surface area contributed by atoms with Crippen molar-refractivity contribution in [2.45, 2.75) is 19.3 Å². The molecule has 3 nitrogen and oxygen atoms in total. The smallest absolute Gasteiger partial charge is 0.331 e. The summed E-state index contributed by atoms with van der Waals surface area (Å²) in [5.41, 5.74) is 0.829. The van der Waals surface area contributed by atoms with Gasteiger partial charge in [0.05, 0.1) is 5.92 Å². The van der Waals surface area contributed by atoms with Crippen LogP contribution >= 0.6 is 11.6 Å². The van der Waals surface area contributed by atoms with Gasteiger partial charge in [-0.2, -0.15) is 5.90 Å². The van der Waals surface area contributed by atoms with Crippen molar-refractivity contribution in [3.8, 4) is 0 Å². The van der Waals surface area contributed by atoms with Crippen LogP contribution in [0.4, 0.5) is 0 Å². The molecule has 0 amide bonds. The molecule has 0 saturated carbocycles. The molecule has 0 saturated heterocycles. The third kappa shape index (κ3) is 2.47. The second-order valence-electron chi connectivity index (χ2n) is 2.95. The van der Waals surface area contributed by atoms with E-state index < -0.39 is 5.97 Å². The second kappa shape index (κ2) is 4.98. The third-order valence-corrected chi connectivity index (χ3v) is 2.30. The molecule has 1 atom stereocenters. The van der Waals surface area contributed by atoms with E-state index in [2.05, 4.69) is 4.84 Å². The van der Waals surface area contributed by atoms with Gasteiger partial charge in [-0.25, -0.2) is 4.79 Å². The highest BCUT2D eigenvalue weighted by Crippen LogP contribution is 2.23. The number of nitrogens with two attached hydrogens (primary N) is 1. The number of rotatable bonds is 3. The van der Waals surface area contributed by atoms with Crippen LogP contribution in [0.2, 0.25) is 5.02 Å². The number of carbonyl (C=O) groups is 1. The SMILES string of the molecule is CC[C@H](C(=O)ON)c1cccc(Cl)c1. The quantitative estimate of drug-likeness (QED) is 0.784. The van der Waals surface area contributed by atoms with E-state index in [0.29, 0.717) is 11.4 Å². The molecule has 1 aromatic carbocycles. The van der Waals surface area contributed by atoms with E-state index in [1.807, 2.05) is 13.0 Å². The molecule has 0 heterocycles. The summed E-state index contributed by atoms with van der Waals surface area (Å²) in [7, 11) is 0. The van der Waals surface area contributed by atoms with Gasteiger partial charge in [0.1, 0.15) is 0 Å². The molecular formula is C10H12ClNO2. The first-order chi connectivity index (χ1) is 6.69. The van der Waals surface area contributed by atoms with Crippen molar-refractivity contribution in [1.29, 1.82) is 0 Å². The molecule has 0 spiro atoms. The minimum absolute atomic E-state index is 0.335. The fourth-order valence-corrected chi connectivity index (χ4v) is 1.54. The lowest BCUT2D eigenvalue weighted by molar-refractivity contribution is -0.146. The molecule has 0 aromatic heterocycles. The highest BCUT2D eigenvalue weighted by atomic mass is 35.5. The fraction of sp³-hybridized carbons (Fsp3) is 0.300. The van der Waals surface area contributed by atoms with Crippen LogP contribution in [0.5, 0.6) is 0 Å². The molecule has 0 aliphatic carbocycles. The first-order valence-electron chi connectivity index (χ1n) is 4.35. The lowest BCUT2D eigenvalue weighted by Crippen LogP contribution is -2.18. The van der Waals surface area contributed by atoms with Gasteiger partial charge in [-0.1, -0.05) is 30.7 Å². The Morgan fingerprint density at radius 2 is 2.36 bits per heavy atom. The summed E-state index contributed by atoms with van der Waals surface area (Å²) >= 11 is 5.81. The molecule has 1 rings (SSSR count). The molecule has 0 aliphatic heterocycles. The number of carbonyl (C=O) groups excluding carboxylic acids is 1. The monoisotopic (exact) mass is 213 g/mol. The van der Waals surface area contributed by atoms with Gasteiger partial charge in [0.2, 0.25) is 0 Å². The second-order valence-corrected chi connectivity index (χ2v) is 3.39. The fourth-order valence-electron chi connectivity index (χ4n) is 1.34. The van der Waals surface area contributed by atoms with Gasteiger partial charge in [-0.3, -0.25) is 0 Å². The summed E-state index contributed by atoms with van der Waals surface area (Å²) in [6.45, 7) is 1.89. The van der Waals surface area contributed by atoms with Crippen LogP contribution in [0.3, 0.4) is 0 Å². The molecule has 76 valence electrons. The van der Waals surface area contributed by atoms with E-state index in [-0.39, 0.29) is 5.92 Å². The average Bonchev–Trinajstić information content (AvgIpc) is 2.19. The molecule has 2 N–H and O–H groups in total. The first-order valence-corrected chi connectivity index (χ1v) is 4.72. The first kappa shape index (κ1) is 11.0. The predicted octanol–water partition coefficient (Wildman–Crippen LogP) is 2.25. The van der Waals surface area contributed by atoms with Crippen LogP contribution in [0.1, 0.15) is 24.8 Å². The van der Waals surface area contributed by atoms with Crippen LogP contribution in [0.15, 0.2) is 24.3 Å². The highest BCUT2D eigenvalue weighted by Gasteiger charge is 2.19. The number of hydrogen-bond donors (Lipinski definition) is 1. The number of benzene rings is 1. The van der Waals surface area contributed by atoms with Gasteiger partial charge in [-0.05, 0) is 24.1 Å². The van der Waals surface area contributed by atoms with Crippen LogP contribution in [0, 0.1) is 0 Å². The van der Waals surface area contributed by atoms with E-state index in [1.54, 1.807) is 18.2 Å². The van der Waals surface area contributed by atoms with Crippen molar-refractivity contribution in [2.24, 2.45) is 5.90 Å². The van der Waals surface area contributed by atoms with Crippen LogP contribution < -0.4 is 5.90 Å². The maximum absolute atomic E-state index is 11.3. The molecule has 1 aromatic rings. The molecular weight excluding hydrogens is 202 g/mol. The van der Waals surface area contributed by atoms with Crippen molar-refractivity contribution < 1.29 is 9.63 Å². The van der Waals surface area contributed by atoms with Gasteiger partial charge in [0.25, 0.3) is 0 Å². The summed E-state index contributed by atoms with van der Waals surface area (Å²) < 4.78 is 0. The van der Waals surface area contributed by atoms with Crippen molar-refractivity contribution in [1.82, 2.24) is 0 Å². The van der Waals surface area contributed by atoms with Crippen LogP contribution in [0.25, 0.3) is 0 Å². The molecule has 14 heavy (non-hydrogen) atoms. The highest BCUT2D eigenvalue weighted by molar-refractivity contribution is 6.30. The molecule has 0 radical (unpaired) electrons. The summed E-state index contributed by atoms with van der Waals surface area (Å²) in [6, 6.07) is 7.12. The van der Waals surface area contributed by atoms with E-state index in [1.165, 1.54) is 0 Å². The maximum atomic E-state index is 11.3. The Balaban J connectivity index is 2.94. The standard InChI is InChI=1S/C10H12ClNO2/c1-2-9(10(13)14-12)7-4-3-5-8(11)6-7/h3-6,9H,2,12H2,1H3/t9-/m0/s1. The van der Waals surface area contributed by atoms with E-state index >= 15 is 0 Å². The summed E-state index contributed by atoms with van der Waals surface area (Å²) in [5.74, 6) is 4.07. The zero-order chi connectivity index (χ0) is 10.6. The number of hydrogen-bond acceptors (Lipinski definition) is 3. The summed E-state index contributed by atoms with van der Waals surface area (Å²) in [6.07, 6.45) is 0.635. The number of halogens is 1.